The van der Waals surface area contributed by atoms with E-state index in [-0.39, 0.29) is 5.92 Å². The van der Waals surface area contributed by atoms with E-state index in [2.05, 4.69) is 14.7 Å². The molecule has 0 radical (unpaired) electrons. The number of ether oxygens (including phenoxy) is 1. The van der Waals surface area contributed by atoms with Gasteiger partial charge in [0.25, 0.3) is 0 Å². The number of carbonyl (C=O) groups excluding carboxylic acids is 1. The molecule has 0 bridgehead atoms. The van der Waals surface area contributed by atoms with E-state index in [1.807, 2.05) is 24.3 Å². The maximum atomic E-state index is 11.4. The van der Waals surface area contributed by atoms with Crippen LogP contribution >= 0.6 is 0 Å². The van der Waals surface area contributed by atoms with Crippen molar-refractivity contribution in [3.63, 3.8) is 0 Å². The van der Waals surface area contributed by atoms with Gasteiger partial charge in [0.15, 0.2) is 5.69 Å². The Kier molecular flexibility index (Phi) is 2.58. The Hall–Kier alpha value is -1.97. The summed E-state index contributed by atoms with van der Waals surface area (Å²) in [5.41, 5.74) is 1.10. The molecule has 0 aliphatic heterocycles. The van der Waals surface area contributed by atoms with Crippen molar-refractivity contribution in [2.45, 2.75) is 5.92 Å². The van der Waals surface area contributed by atoms with E-state index < -0.39 is 5.97 Å². The first-order valence-corrected chi connectivity index (χ1v) is 4.56. The van der Waals surface area contributed by atoms with E-state index in [0.29, 0.717) is 5.69 Å². The molecule has 0 saturated carbocycles. The van der Waals surface area contributed by atoms with Crippen molar-refractivity contribution in [1.82, 2.24) is 9.97 Å². The van der Waals surface area contributed by atoms with Gasteiger partial charge in [-0.15, -0.1) is 0 Å². The van der Waals surface area contributed by atoms with Gasteiger partial charge >= 0.3 is 5.97 Å². The van der Waals surface area contributed by atoms with Gasteiger partial charge in [0.05, 0.1) is 7.11 Å². The third-order valence-electron chi connectivity index (χ3n) is 2.23. The van der Waals surface area contributed by atoms with Gasteiger partial charge in [-0.05, 0) is 0 Å². The van der Waals surface area contributed by atoms with Crippen LogP contribution < -0.4 is 0 Å². The lowest BCUT2D eigenvalue weighted by atomic mass is 10.0. The van der Waals surface area contributed by atoms with Gasteiger partial charge in [-0.25, -0.2) is 14.8 Å². The first-order chi connectivity index (χ1) is 7.33. The number of aromatic nitrogens is 2. The van der Waals surface area contributed by atoms with Gasteiger partial charge in [0.1, 0.15) is 6.33 Å². The largest absolute Gasteiger partial charge is 0.464 e. The van der Waals surface area contributed by atoms with Crippen molar-refractivity contribution in [3.05, 3.63) is 48.1 Å². The molecule has 4 heteroatoms. The highest BCUT2D eigenvalue weighted by Crippen LogP contribution is 2.24. The van der Waals surface area contributed by atoms with Crippen LogP contribution in [0.2, 0.25) is 0 Å². The summed E-state index contributed by atoms with van der Waals surface area (Å²) >= 11 is 0. The summed E-state index contributed by atoms with van der Waals surface area (Å²) in [6.45, 7) is 0. The maximum Gasteiger partial charge on any atom is 0.357 e. The minimum absolute atomic E-state index is 0.0697. The van der Waals surface area contributed by atoms with Crippen LogP contribution in [-0.2, 0) is 4.74 Å². The monoisotopic (exact) mass is 202 g/mol. The molecule has 76 valence electrons. The van der Waals surface area contributed by atoms with Gasteiger partial charge in [0, 0.05) is 17.7 Å². The standard InChI is InChI=1S/C11H10N2O2/c1-15-11(14)10-9(6-12-7-13-10)8-4-2-3-5-8/h2-8H,1H3. The van der Waals surface area contributed by atoms with Crippen molar-refractivity contribution >= 4 is 5.97 Å². The molecule has 1 aliphatic carbocycles. The number of carbonyl (C=O) groups is 1. The van der Waals surface area contributed by atoms with Crippen molar-refractivity contribution in [1.29, 1.82) is 0 Å². The minimum atomic E-state index is -0.430. The molecular weight excluding hydrogens is 192 g/mol. The van der Waals surface area contributed by atoms with Gasteiger partial charge in [-0.1, -0.05) is 24.3 Å². The second-order valence-electron chi connectivity index (χ2n) is 3.11. The predicted molar refractivity (Wildman–Crippen MR) is 54.4 cm³/mol. The van der Waals surface area contributed by atoms with Gasteiger partial charge < -0.3 is 4.74 Å². The van der Waals surface area contributed by atoms with Crippen LogP contribution in [0.4, 0.5) is 0 Å². The zero-order valence-electron chi connectivity index (χ0n) is 8.25. The highest BCUT2D eigenvalue weighted by atomic mass is 16.5. The average Bonchev–Trinajstić information content (AvgIpc) is 2.81. The number of hydrogen-bond donors (Lipinski definition) is 0. The molecule has 0 atom stereocenters. The molecule has 1 aromatic rings. The van der Waals surface area contributed by atoms with Crippen molar-refractivity contribution in [2.75, 3.05) is 7.11 Å². The fourth-order valence-electron chi connectivity index (χ4n) is 1.49. The van der Waals surface area contributed by atoms with Gasteiger partial charge in [0.2, 0.25) is 0 Å². The van der Waals surface area contributed by atoms with Crippen LogP contribution in [0.3, 0.4) is 0 Å². The van der Waals surface area contributed by atoms with E-state index in [4.69, 9.17) is 0 Å². The third kappa shape index (κ3) is 1.79. The highest BCUT2D eigenvalue weighted by molar-refractivity contribution is 5.89. The van der Waals surface area contributed by atoms with E-state index in [0.717, 1.165) is 5.56 Å². The second-order valence-corrected chi connectivity index (χ2v) is 3.11. The predicted octanol–water partition coefficient (Wildman–Crippen LogP) is 1.47. The highest BCUT2D eigenvalue weighted by Gasteiger charge is 2.18. The molecule has 15 heavy (non-hydrogen) atoms. The lowest BCUT2D eigenvalue weighted by Crippen LogP contribution is -2.10. The summed E-state index contributed by atoms with van der Waals surface area (Å²) in [4.78, 5) is 19.3. The minimum Gasteiger partial charge on any atom is -0.464 e. The number of rotatable bonds is 2. The first kappa shape index (κ1) is 9.58. The second kappa shape index (κ2) is 4.04. The topological polar surface area (TPSA) is 52.1 Å². The van der Waals surface area contributed by atoms with E-state index in [9.17, 15) is 4.79 Å². The number of esters is 1. The van der Waals surface area contributed by atoms with Crippen molar-refractivity contribution in [3.8, 4) is 0 Å². The summed E-state index contributed by atoms with van der Waals surface area (Å²) in [6.07, 6.45) is 10.8. The number of nitrogens with zero attached hydrogens (tertiary/aromatic N) is 2. The normalized spacial score (nSPS) is 14.5. The first-order valence-electron chi connectivity index (χ1n) is 4.56. The van der Waals surface area contributed by atoms with Crippen LogP contribution in [0.25, 0.3) is 0 Å². The van der Waals surface area contributed by atoms with Crippen LogP contribution in [0.5, 0.6) is 0 Å². The van der Waals surface area contributed by atoms with E-state index in [1.165, 1.54) is 13.4 Å². The van der Waals surface area contributed by atoms with Crippen molar-refractivity contribution in [2.24, 2.45) is 0 Å². The molecular formula is C11H10N2O2. The fourth-order valence-corrected chi connectivity index (χ4v) is 1.49. The molecule has 0 saturated heterocycles. The Morgan fingerprint density at radius 1 is 1.40 bits per heavy atom. The smallest absolute Gasteiger partial charge is 0.357 e. The molecule has 0 aromatic carbocycles. The SMILES string of the molecule is COC(=O)c1ncncc1C1C=CC=C1. The molecule has 0 unspecified atom stereocenters. The number of hydrogen-bond acceptors (Lipinski definition) is 4. The number of allylic oxidation sites excluding steroid dienone is 4. The average molecular weight is 202 g/mol. The Morgan fingerprint density at radius 3 is 2.80 bits per heavy atom. The summed E-state index contributed by atoms with van der Waals surface area (Å²) in [6, 6.07) is 0. The Bertz CT molecular complexity index is 426. The van der Waals surface area contributed by atoms with Gasteiger partial charge in [-0.2, -0.15) is 0 Å². The third-order valence-corrected chi connectivity index (χ3v) is 2.23. The molecule has 4 nitrogen and oxygen atoms in total. The Morgan fingerprint density at radius 2 is 2.13 bits per heavy atom. The maximum absolute atomic E-state index is 11.4. The molecule has 0 spiro atoms. The Balaban J connectivity index is 2.42. The molecule has 1 heterocycles. The van der Waals surface area contributed by atoms with E-state index in [1.54, 1.807) is 6.20 Å². The van der Waals surface area contributed by atoms with Crippen LogP contribution in [0.1, 0.15) is 22.0 Å². The molecule has 1 aromatic heterocycles. The Labute approximate surface area is 87.3 Å². The fraction of sp³-hybridized carbons (Fsp3) is 0.182. The molecule has 0 fully saturated rings. The summed E-state index contributed by atoms with van der Waals surface area (Å²) < 4.78 is 4.66. The van der Waals surface area contributed by atoms with Crippen LogP contribution in [0.15, 0.2) is 36.8 Å². The lowest BCUT2D eigenvalue weighted by molar-refractivity contribution is 0.0592. The zero-order valence-corrected chi connectivity index (χ0v) is 8.25. The lowest BCUT2D eigenvalue weighted by Gasteiger charge is -2.08. The summed E-state index contributed by atoms with van der Waals surface area (Å²) in [5.74, 6) is -0.360. The molecule has 1 aliphatic rings. The van der Waals surface area contributed by atoms with Crippen LogP contribution in [0, 0.1) is 0 Å². The molecule has 0 N–H and O–H groups in total. The zero-order chi connectivity index (χ0) is 10.7. The molecule has 0 amide bonds. The summed E-state index contributed by atoms with van der Waals surface area (Å²) in [7, 11) is 1.34. The quantitative estimate of drug-likeness (QED) is 0.681. The molecule has 2 rings (SSSR count). The van der Waals surface area contributed by atoms with Crippen LogP contribution in [-0.4, -0.2) is 23.0 Å². The summed E-state index contributed by atoms with van der Waals surface area (Å²) in [5, 5.41) is 0. The van der Waals surface area contributed by atoms with Gasteiger partial charge in [-0.3, -0.25) is 0 Å². The van der Waals surface area contributed by atoms with E-state index >= 15 is 0 Å². The number of methoxy groups -OCH3 is 1. The van der Waals surface area contributed by atoms with Crippen molar-refractivity contribution < 1.29 is 9.53 Å².